The van der Waals surface area contributed by atoms with Gasteiger partial charge in [-0.2, -0.15) is 0 Å². The predicted octanol–water partition coefficient (Wildman–Crippen LogP) is 0.282. The van der Waals surface area contributed by atoms with E-state index >= 15 is 0 Å². The van der Waals surface area contributed by atoms with Crippen molar-refractivity contribution in [3.05, 3.63) is 34.9 Å². The van der Waals surface area contributed by atoms with Gasteiger partial charge in [0.2, 0.25) is 5.91 Å². The molecule has 0 aromatic heterocycles. The molecule has 4 N–H and O–H groups in total. The van der Waals surface area contributed by atoms with Gasteiger partial charge in [-0.15, -0.1) is 0 Å². The molecule has 7 nitrogen and oxygen atoms in total. The van der Waals surface area contributed by atoms with Crippen LogP contribution in [0.4, 0.5) is 0 Å². The molecule has 3 saturated heterocycles. The van der Waals surface area contributed by atoms with Gasteiger partial charge >= 0.3 is 0 Å². The molecule has 1 aromatic rings. The third-order valence-electron chi connectivity index (χ3n) is 5.86. The molecule has 3 aliphatic heterocycles. The molecule has 4 rings (SSSR count). The number of halogens is 1. The van der Waals surface area contributed by atoms with Crippen molar-refractivity contribution in [3.63, 3.8) is 0 Å². The van der Waals surface area contributed by atoms with Gasteiger partial charge in [0.05, 0.1) is 18.8 Å². The van der Waals surface area contributed by atoms with Crippen molar-refractivity contribution >= 4 is 17.5 Å². The number of carbonyl (C=O) groups excluding carboxylic acids is 1. The molecule has 3 fully saturated rings. The van der Waals surface area contributed by atoms with Crippen LogP contribution in [0.15, 0.2) is 24.3 Å². The molecule has 0 bridgehead atoms. The average Bonchev–Trinajstić information content (AvgIpc) is 3.11. The van der Waals surface area contributed by atoms with E-state index in [9.17, 15) is 4.79 Å². The molecule has 0 saturated carbocycles. The highest BCUT2D eigenvalue weighted by Gasteiger charge is 2.42. The van der Waals surface area contributed by atoms with Crippen LogP contribution in [0.25, 0.3) is 0 Å². The van der Waals surface area contributed by atoms with Gasteiger partial charge in [-0.1, -0.05) is 23.7 Å². The minimum atomic E-state index is -0.251. The standard InChI is InChI=1S/C19H28ClN5O2/c1-25-8-9-27-16(11-25)17(12-2-4-13(20)5-3-12)22-19(26)18-14-10-21-7-6-15(14)23-24-18/h2-5,14-18,21,23-24H,6-11H2,1H3,(H,22,26). The van der Waals surface area contributed by atoms with Crippen molar-refractivity contribution in [2.75, 3.05) is 39.8 Å². The fourth-order valence-corrected chi connectivity index (χ4v) is 4.42. The summed E-state index contributed by atoms with van der Waals surface area (Å²) in [4.78, 5) is 15.4. The molecule has 5 atom stereocenters. The number of benzene rings is 1. The van der Waals surface area contributed by atoms with Gasteiger partial charge in [-0.05, 0) is 37.7 Å². The predicted molar refractivity (Wildman–Crippen MR) is 104 cm³/mol. The molecule has 1 amide bonds. The number of hydrogen-bond acceptors (Lipinski definition) is 6. The number of fused-ring (bicyclic) bond motifs is 1. The van der Waals surface area contributed by atoms with Gasteiger partial charge in [-0.3, -0.25) is 10.2 Å². The Bertz CT molecular complexity index is 658. The quantitative estimate of drug-likeness (QED) is 0.588. The second-order valence-electron chi connectivity index (χ2n) is 7.74. The summed E-state index contributed by atoms with van der Waals surface area (Å²) in [6.07, 6.45) is 0.932. The van der Waals surface area contributed by atoms with Crippen LogP contribution >= 0.6 is 11.6 Å². The molecule has 5 unspecified atom stereocenters. The maximum Gasteiger partial charge on any atom is 0.239 e. The van der Waals surface area contributed by atoms with Crippen LogP contribution in [0, 0.1) is 5.92 Å². The van der Waals surface area contributed by atoms with E-state index in [0.29, 0.717) is 17.7 Å². The van der Waals surface area contributed by atoms with Gasteiger partial charge in [-0.25, -0.2) is 5.43 Å². The highest BCUT2D eigenvalue weighted by Crippen LogP contribution is 2.26. The zero-order valence-corrected chi connectivity index (χ0v) is 16.3. The van der Waals surface area contributed by atoms with Crippen molar-refractivity contribution in [2.24, 2.45) is 5.92 Å². The Kier molecular flexibility index (Phi) is 5.96. The number of hydrazine groups is 1. The van der Waals surface area contributed by atoms with Gasteiger partial charge < -0.3 is 20.3 Å². The summed E-state index contributed by atoms with van der Waals surface area (Å²) in [5.74, 6) is 0.259. The van der Waals surface area contributed by atoms with Crippen LogP contribution in [-0.2, 0) is 9.53 Å². The van der Waals surface area contributed by atoms with Gasteiger partial charge in [0.15, 0.2) is 0 Å². The van der Waals surface area contributed by atoms with Crippen LogP contribution in [0.2, 0.25) is 5.02 Å². The number of morpholine rings is 1. The first-order valence-corrected chi connectivity index (χ1v) is 10.1. The minimum absolute atomic E-state index is 0.00970. The maximum absolute atomic E-state index is 13.1. The van der Waals surface area contributed by atoms with E-state index in [-0.39, 0.29) is 30.0 Å². The Morgan fingerprint density at radius 2 is 2.15 bits per heavy atom. The largest absolute Gasteiger partial charge is 0.373 e. The number of ether oxygens (including phenoxy) is 1. The summed E-state index contributed by atoms with van der Waals surface area (Å²) in [7, 11) is 2.08. The second-order valence-corrected chi connectivity index (χ2v) is 8.18. The van der Waals surface area contributed by atoms with Crippen molar-refractivity contribution in [1.29, 1.82) is 0 Å². The Morgan fingerprint density at radius 1 is 1.33 bits per heavy atom. The minimum Gasteiger partial charge on any atom is -0.373 e. The highest BCUT2D eigenvalue weighted by atomic mass is 35.5. The molecular weight excluding hydrogens is 366 g/mol. The van der Waals surface area contributed by atoms with Crippen LogP contribution in [-0.4, -0.2) is 68.8 Å². The summed E-state index contributed by atoms with van der Waals surface area (Å²) in [6, 6.07) is 7.53. The summed E-state index contributed by atoms with van der Waals surface area (Å²) >= 11 is 6.06. The molecule has 3 heterocycles. The lowest BCUT2D eigenvalue weighted by Crippen LogP contribution is -2.53. The first kappa shape index (κ1) is 19.1. The lowest BCUT2D eigenvalue weighted by atomic mass is 9.88. The Labute approximate surface area is 165 Å². The number of piperidine rings is 1. The van der Waals surface area contributed by atoms with Gasteiger partial charge in [0, 0.05) is 36.6 Å². The third-order valence-corrected chi connectivity index (χ3v) is 6.11. The summed E-state index contributed by atoms with van der Waals surface area (Å²) in [5, 5.41) is 7.33. The molecule has 0 aliphatic carbocycles. The van der Waals surface area contributed by atoms with Crippen molar-refractivity contribution < 1.29 is 9.53 Å². The lowest BCUT2D eigenvalue weighted by molar-refractivity contribution is -0.127. The Hall–Kier alpha value is -1.22. The van der Waals surface area contributed by atoms with Crippen molar-refractivity contribution in [1.82, 2.24) is 26.4 Å². The second kappa shape index (κ2) is 8.43. The van der Waals surface area contributed by atoms with Crippen LogP contribution in [0.5, 0.6) is 0 Å². The normalized spacial score (nSPS) is 32.7. The van der Waals surface area contributed by atoms with Crippen molar-refractivity contribution in [3.8, 4) is 0 Å². The molecular formula is C19H28ClN5O2. The molecule has 3 aliphatic rings. The first-order valence-electron chi connectivity index (χ1n) is 9.69. The number of carbonyl (C=O) groups is 1. The van der Waals surface area contributed by atoms with E-state index in [1.165, 1.54) is 0 Å². The fraction of sp³-hybridized carbons (Fsp3) is 0.632. The Morgan fingerprint density at radius 3 is 2.93 bits per heavy atom. The van der Waals surface area contributed by atoms with E-state index in [1.807, 2.05) is 24.3 Å². The molecule has 8 heteroatoms. The van der Waals surface area contributed by atoms with E-state index < -0.39 is 0 Å². The van der Waals surface area contributed by atoms with Crippen LogP contribution in [0.3, 0.4) is 0 Å². The summed E-state index contributed by atoms with van der Waals surface area (Å²) in [6.45, 7) is 4.18. The first-order chi connectivity index (χ1) is 13.1. The van der Waals surface area contributed by atoms with Crippen molar-refractivity contribution in [2.45, 2.75) is 30.7 Å². The molecule has 27 heavy (non-hydrogen) atoms. The molecule has 1 aromatic carbocycles. The SMILES string of the molecule is CN1CCOC(C(NC(=O)C2NNC3CCNCC32)c2ccc(Cl)cc2)C1. The summed E-state index contributed by atoms with van der Waals surface area (Å²) < 4.78 is 6.03. The molecule has 0 radical (unpaired) electrons. The third kappa shape index (κ3) is 4.29. The average molecular weight is 394 g/mol. The van der Waals surface area contributed by atoms with Crippen LogP contribution in [0.1, 0.15) is 18.0 Å². The fourth-order valence-electron chi connectivity index (χ4n) is 4.29. The van der Waals surface area contributed by atoms with Crippen LogP contribution < -0.4 is 21.5 Å². The highest BCUT2D eigenvalue weighted by molar-refractivity contribution is 6.30. The maximum atomic E-state index is 13.1. The molecule has 0 spiro atoms. The number of nitrogens with zero attached hydrogens (tertiary/aromatic N) is 1. The van der Waals surface area contributed by atoms with E-state index in [4.69, 9.17) is 16.3 Å². The van der Waals surface area contributed by atoms with E-state index in [1.54, 1.807) is 0 Å². The summed E-state index contributed by atoms with van der Waals surface area (Å²) in [5.41, 5.74) is 7.50. The number of hydrogen-bond donors (Lipinski definition) is 4. The van der Waals surface area contributed by atoms with Gasteiger partial charge in [0.25, 0.3) is 0 Å². The number of likely N-dealkylation sites (N-methyl/N-ethyl adjacent to an activating group) is 1. The zero-order chi connectivity index (χ0) is 18.8. The lowest BCUT2D eigenvalue weighted by Gasteiger charge is -2.36. The number of amides is 1. The Balaban J connectivity index is 1.51. The monoisotopic (exact) mass is 393 g/mol. The van der Waals surface area contributed by atoms with E-state index in [0.717, 1.165) is 38.2 Å². The molecule has 148 valence electrons. The number of rotatable bonds is 4. The number of nitrogens with one attached hydrogen (secondary N) is 4. The van der Waals surface area contributed by atoms with Gasteiger partial charge in [0.1, 0.15) is 6.04 Å². The zero-order valence-electron chi connectivity index (χ0n) is 15.6. The topological polar surface area (TPSA) is 77.7 Å². The van der Waals surface area contributed by atoms with E-state index in [2.05, 4.69) is 33.4 Å². The smallest absolute Gasteiger partial charge is 0.239 e.